The molecule has 0 bridgehead atoms. The molecule has 0 fully saturated rings. The van der Waals surface area contributed by atoms with E-state index in [1.54, 1.807) is 0 Å². The predicted octanol–water partition coefficient (Wildman–Crippen LogP) is 3.59. The lowest BCUT2D eigenvalue weighted by atomic mass is 10.3. The molecule has 0 aliphatic heterocycles. The zero-order valence-electron chi connectivity index (χ0n) is 9.57. The third-order valence-corrected chi connectivity index (χ3v) is 3.98. The lowest BCUT2D eigenvalue weighted by molar-refractivity contribution is 0.902. The summed E-state index contributed by atoms with van der Waals surface area (Å²) in [4.78, 5) is 9.84. The molecular formula is C12H12BrN3S. The summed E-state index contributed by atoms with van der Waals surface area (Å²) in [5, 5.41) is 0.757. The Bertz CT molecular complexity index is 537. The SMILES string of the molecule is Cc1cc(C)nc(Sc2ccc(N)cc2Br)n1. The van der Waals surface area contributed by atoms with Gasteiger partial charge in [-0.2, -0.15) is 0 Å². The lowest BCUT2D eigenvalue weighted by Gasteiger charge is -2.05. The molecule has 0 unspecified atom stereocenters. The maximum atomic E-state index is 5.70. The van der Waals surface area contributed by atoms with Crippen LogP contribution in [0, 0.1) is 13.8 Å². The highest BCUT2D eigenvalue weighted by atomic mass is 79.9. The summed E-state index contributed by atoms with van der Waals surface area (Å²) in [6.07, 6.45) is 0. The Morgan fingerprint density at radius 3 is 2.35 bits per heavy atom. The second kappa shape index (κ2) is 5.06. The number of benzene rings is 1. The number of rotatable bonds is 2. The topological polar surface area (TPSA) is 51.8 Å². The van der Waals surface area contributed by atoms with Crippen LogP contribution in [-0.2, 0) is 0 Å². The Morgan fingerprint density at radius 2 is 1.76 bits per heavy atom. The summed E-state index contributed by atoms with van der Waals surface area (Å²) in [5.41, 5.74) is 8.39. The van der Waals surface area contributed by atoms with E-state index in [-0.39, 0.29) is 0 Å². The van der Waals surface area contributed by atoms with Crippen LogP contribution in [-0.4, -0.2) is 9.97 Å². The Morgan fingerprint density at radius 1 is 1.12 bits per heavy atom. The van der Waals surface area contributed by atoms with Crippen molar-refractivity contribution >= 4 is 33.4 Å². The van der Waals surface area contributed by atoms with Crippen molar-refractivity contribution < 1.29 is 0 Å². The average molecular weight is 310 g/mol. The van der Waals surface area contributed by atoms with Crippen LogP contribution in [0.1, 0.15) is 11.4 Å². The minimum Gasteiger partial charge on any atom is -0.399 e. The number of nitrogens with zero attached hydrogens (tertiary/aromatic N) is 2. The molecule has 0 amide bonds. The van der Waals surface area contributed by atoms with Crippen LogP contribution >= 0.6 is 27.7 Å². The van der Waals surface area contributed by atoms with Gasteiger partial charge in [0.25, 0.3) is 0 Å². The van der Waals surface area contributed by atoms with Crippen LogP contribution < -0.4 is 5.73 Å². The standard InChI is InChI=1S/C12H12BrN3S/c1-7-5-8(2)16-12(15-7)17-11-4-3-9(14)6-10(11)13/h3-6H,14H2,1-2H3. The molecule has 1 heterocycles. The smallest absolute Gasteiger partial charge is 0.192 e. The molecule has 2 rings (SSSR count). The van der Waals surface area contributed by atoms with Crippen LogP contribution in [0.25, 0.3) is 0 Å². The van der Waals surface area contributed by atoms with Gasteiger partial charge in [-0.3, -0.25) is 0 Å². The lowest BCUT2D eigenvalue weighted by Crippen LogP contribution is -1.93. The summed E-state index contributed by atoms with van der Waals surface area (Å²) in [6.45, 7) is 3.94. The van der Waals surface area contributed by atoms with Crippen LogP contribution in [0.5, 0.6) is 0 Å². The van der Waals surface area contributed by atoms with E-state index in [2.05, 4.69) is 25.9 Å². The molecule has 3 nitrogen and oxygen atoms in total. The van der Waals surface area contributed by atoms with Gasteiger partial charge in [-0.15, -0.1) is 0 Å². The molecule has 17 heavy (non-hydrogen) atoms. The summed E-state index contributed by atoms with van der Waals surface area (Å²) in [7, 11) is 0. The number of anilines is 1. The first-order chi connectivity index (χ1) is 8.04. The Kier molecular flexibility index (Phi) is 3.69. The van der Waals surface area contributed by atoms with Crippen molar-refractivity contribution in [3.63, 3.8) is 0 Å². The normalized spacial score (nSPS) is 10.5. The van der Waals surface area contributed by atoms with E-state index in [9.17, 15) is 0 Å². The maximum Gasteiger partial charge on any atom is 0.192 e. The van der Waals surface area contributed by atoms with E-state index in [1.807, 2.05) is 38.1 Å². The summed E-state index contributed by atoms with van der Waals surface area (Å²) in [5.74, 6) is 0. The van der Waals surface area contributed by atoms with Crippen molar-refractivity contribution in [2.24, 2.45) is 0 Å². The van der Waals surface area contributed by atoms with Gasteiger partial charge >= 0.3 is 0 Å². The number of hydrogen-bond acceptors (Lipinski definition) is 4. The number of nitrogens with two attached hydrogens (primary N) is 1. The molecular weight excluding hydrogens is 298 g/mol. The van der Waals surface area contributed by atoms with Gasteiger partial charge in [-0.1, -0.05) is 0 Å². The van der Waals surface area contributed by atoms with Crippen LogP contribution in [0.2, 0.25) is 0 Å². The van der Waals surface area contributed by atoms with Gasteiger partial charge in [0.1, 0.15) is 0 Å². The van der Waals surface area contributed by atoms with E-state index in [1.165, 1.54) is 11.8 Å². The minimum atomic E-state index is 0.738. The second-order valence-corrected chi connectivity index (χ2v) is 5.59. The largest absolute Gasteiger partial charge is 0.399 e. The molecule has 0 atom stereocenters. The molecule has 1 aromatic carbocycles. The number of hydrogen-bond donors (Lipinski definition) is 1. The third-order valence-electron chi connectivity index (χ3n) is 2.12. The van der Waals surface area contributed by atoms with Crippen LogP contribution in [0.4, 0.5) is 5.69 Å². The van der Waals surface area contributed by atoms with Crippen molar-refractivity contribution in [1.29, 1.82) is 0 Å². The van der Waals surface area contributed by atoms with Gasteiger partial charge in [0.05, 0.1) is 0 Å². The molecule has 0 radical (unpaired) electrons. The van der Waals surface area contributed by atoms with Crippen molar-refractivity contribution in [3.8, 4) is 0 Å². The fraction of sp³-hybridized carbons (Fsp3) is 0.167. The van der Waals surface area contributed by atoms with E-state index >= 15 is 0 Å². The zero-order chi connectivity index (χ0) is 12.4. The van der Waals surface area contributed by atoms with Gasteiger partial charge in [-0.05, 0) is 65.8 Å². The quantitative estimate of drug-likeness (QED) is 0.680. The summed E-state index contributed by atoms with van der Waals surface area (Å²) in [6, 6.07) is 7.67. The van der Waals surface area contributed by atoms with E-state index in [0.717, 1.165) is 31.6 Å². The first kappa shape index (κ1) is 12.4. The van der Waals surface area contributed by atoms with Crippen molar-refractivity contribution in [1.82, 2.24) is 9.97 Å². The molecule has 2 N–H and O–H groups in total. The highest BCUT2D eigenvalue weighted by Gasteiger charge is 2.06. The Hall–Kier alpha value is -1.07. The fourth-order valence-corrected chi connectivity index (χ4v) is 2.95. The monoisotopic (exact) mass is 309 g/mol. The van der Waals surface area contributed by atoms with Crippen LogP contribution in [0.3, 0.4) is 0 Å². The molecule has 1 aromatic heterocycles. The zero-order valence-corrected chi connectivity index (χ0v) is 12.0. The average Bonchev–Trinajstić information content (AvgIpc) is 2.21. The van der Waals surface area contributed by atoms with Gasteiger partial charge < -0.3 is 5.73 Å². The van der Waals surface area contributed by atoms with Gasteiger partial charge in [0.2, 0.25) is 0 Å². The molecule has 0 aliphatic carbocycles. The second-order valence-electron chi connectivity index (χ2n) is 3.73. The van der Waals surface area contributed by atoms with Crippen molar-refractivity contribution in [3.05, 3.63) is 40.1 Å². The van der Waals surface area contributed by atoms with Gasteiger partial charge in [0.15, 0.2) is 5.16 Å². The van der Waals surface area contributed by atoms with Crippen LogP contribution in [0.15, 0.2) is 38.8 Å². The molecule has 5 heteroatoms. The maximum absolute atomic E-state index is 5.70. The first-order valence-corrected chi connectivity index (χ1v) is 6.71. The molecule has 0 saturated heterocycles. The summed E-state index contributed by atoms with van der Waals surface area (Å²) >= 11 is 5.01. The van der Waals surface area contributed by atoms with E-state index in [0.29, 0.717) is 0 Å². The third kappa shape index (κ3) is 3.20. The van der Waals surface area contributed by atoms with Gasteiger partial charge in [-0.25, -0.2) is 9.97 Å². The highest BCUT2D eigenvalue weighted by Crippen LogP contribution is 2.32. The molecule has 88 valence electrons. The predicted molar refractivity (Wildman–Crippen MR) is 74.2 cm³/mol. The number of aromatic nitrogens is 2. The highest BCUT2D eigenvalue weighted by molar-refractivity contribution is 9.10. The molecule has 2 aromatic rings. The first-order valence-electron chi connectivity index (χ1n) is 5.10. The molecule has 0 aliphatic rings. The van der Waals surface area contributed by atoms with E-state index < -0.39 is 0 Å². The fourth-order valence-electron chi connectivity index (χ4n) is 1.44. The van der Waals surface area contributed by atoms with Gasteiger partial charge in [0, 0.05) is 26.4 Å². The van der Waals surface area contributed by atoms with E-state index in [4.69, 9.17) is 5.73 Å². The number of nitrogen functional groups attached to an aromatic ring is 1. The number of aryl methyl sites for hydroxylation is 2. The van der Waals surface area contributed by atoms with Crippen molar-refractivity contribution in [2.75, 3.05) is 5.73 Å². The Balaban J connectivity index is 2.31. The van der Waals surface area contributed by atoms with Crippen molar-refractivity contribution in [2.45, 2.75) is 23.9 Å². The molecule has 0 saturated carbocycles. The number of halogens is 1. The minimum absolute atomic E-state index is 0.738. The molecule has 0 spiro atoms. The summed E-state index contributed by atoms with van der Waals surface area (Å²) < 4.78 is 0.963. The Labute approximate surface area is 113 Å².